The highest BCUT2D eigenvalue weighted by atomic mass is 31.2. The molecule has 0 aliphatic carbocycles. The molecule has 0 aliphatic heterocycles. The summed E-state index contributed by atoms with van der Waals surface area (Å²) in [7, 11) is -3.32. The molecule has 0 radical (unpaired) electrons. The lowest BCUT2D eigenvalue weighted by molar-refractivity contribution is -0.175. The number of hydrogen-bond acceptors (Lipinski definition) is 6. The summed E-state index contributed by atoms with van der Waals surface area (Å²) in [4.78, 5) is 10.7. The van der Waals surface area contributed by atoms with E-state index >= 15 is 0 Å². The van der Waals surface area contributed by atoms with E-state index in [-0.39, 0.29) is 13.2 Å². The standard InChI is InChI=1S/C10H21O6P/c1-6-13-17(12,14-7-2)10(5)16-9(4)15-8(3)11/h9-10H,6-7H2,1-5H3. The second-order valence-electron chi connectivity index (χ2n) is 3.29. The van der Waals surface area contributed by atoms with Crippen LogP contribution < -0.4 is 0 Å². The SMILES string of the molecule is CCOP(=O)(OCC)C(C)OC(C)OC(C)=O. The Morgan fingerprint density at radius 2 is 1.65 bits per heavy atom. The highest BCUT2D eigenvalue weighted by Crippen LogP contribution is 2.53. The molecule has 0 spiro atoms. The topological polar surface area (TPSA) is 71.1 Å². The zero-order valence-corrected chi connectivity index (χ0v) is 11.9. The van der Waals surface area contributed by atoms with Crippen LogP contribution in [-0.2, 0) is 27.9 Å². The highest BCUT2D eigenvalue weighted by Gasteiger charge is 2.34. The number of esters is 1. The van der Waals surface area contributed by atoms with E-state index in [0.29, 0.717) is 0 Å². The fraction of sp³-hybridized carbons (Fsp3) is 0.900. The predicted octanol–water partition coefficient (Wildman–Crippen LogP) is 2.52. The average Bonchev–Trinajstić information content (AvgIpc) is 2.16. The molecule has 0 N–H and O–H groups in total. The van der Waals surface area contributed by atoms with Gasteiger partial charge >= 0.3 is 13.6 Å². The van der Waals surface area contributed by atoms with Crippen molar-refractivity contribution in [2.24, 2.45) is 0 Å². The first-order valence-electron chi connectivity index (χ1n) is 5.57. The molecular formula is C10H21O6P. The molecule has 6 nitrogen and oxygen atoms in total. The van der Waals surface area contributed by atoms with Crippen molar-refractivity contribution in [3.05, 3.63) is 0 Å². The van der Waals surface area contributed by atoms with Crippen LogP contribution in [0.25, 0.3) is 0 Å². The van der Waals surface area contributed by atoms with Crippen molar-refractivity contribution in [2.75, 3.05) is 13.2 Å². The molecule has 2 atom stereocenters. The smallest absolute Gasteiger partial charge is 0.359 e. The summed E-state index contributed by atoms with van der Waals surface area (Å²) in [6.07, 6.45) is -0.795. The minimum Gasteiger partial charge on any atom is -0.436 e. The van der Waals surface area contributed by atoms with Gasteiger partial charge in [-0.25, -0.2) is 0 Å². The van der Waals surface area contributed by atoms with Gasteiger partial charge in [0.1, 0.15) is 0 Å². The third-order valence-corrected chi connectivity index (χ3v) is 4.03. The normalized spacial score (nSPS) is 15.4. The maximum Gasteiger partial charge on any atom is 0.359 e. The van der Waals surface area contributed by atoms with Gasteiger partial charge in [-0.05, 0) is 27.7 Å². The molecule has 0 rings (SSSR count). The van der Waals surface area contributed by atoms with E-state index in [1.54, 1.807) is 27.7 Å². The first-order chi connectivity index (χ1) is 7.85. The van der Waals surface area contributed by atoms with E-state index in [0.717, 1.165) is 0 Å². The number of carbonyl (C=O) groups excluding carboxylic acids is 1. The maximum absolute atomic E-state index is 12.2. The van der Waals surface area contributed by atoms with Crippen molar-refractivity contribution >= 4 is 13.6 Å². The first-order valence-corrected chi connectivity index (χ1v) is 7.18. The van der Waals surface area contributed by atoms with E-state index in [1.165, 1.54) is 6.92 Å². The van der Waals surface area contributed by atoms with Crippen LogP contribution in [0.4, 0.5) is 0 Å². The Balaban J connectivity index is 4.46. The van der Waals surface area contributed by atoms with Crippen molar-refractivity contribution in [1.82, 2.24) is 0 Å². The largest absolute Gasteiger partial charge is 0.436 e. The third-order valence-electron chi connectivity index (χ3n) is 1.78. The molecule has 0 bridgehead atoms. The van der Waals surface area contributed by atoms with Gasteiger partial charge in [0.05, 0.1) is 13.2 Å². The Bertz CT molecular complexity index is 270. The van der Waals surface area contributed by atoms with Crippen LogP contribution in [0.5, 0.6) is 0 Å². The second kappa shape index (κ2) is 7.82. The fourth-order valence-corrected chi connectivity index (χ4v) is 2.76. The van der Waals surface area contributed by atoms with Crippen LogP contribution in [0.3, 0.4) is 0 Å². The molecule has 0 heterocycles. The molecule has 0 fully saturated rings. The van der Waals surface area contributed by atoms with Gasteiger partial charge in [-0.1, -0.05) is 0 Å². The van der Waals surface area contributed by atoms with E-state index < -0.39 is 25.7 Å². The quantitative estimate of drug-likeness (QED) is 0.382. The lowest BCUT2D eigenvalue weighted by Crippen LogP contribution is -2.23. The molecule has 0 aliphatic rings. The minimum absolute atomic E-state index is 0.257. The van der Waals surface area contributed by atoms with E-state index in [2.05, 4.69) is 0 Å². The first kappa shape index (κ1) is 16.6. The van der Waals surface area contributed by atoms with Crippen LogP contribution >= 0.6 is 7.60 Å². The molecular weight excluding hydrogens is 247 g/mol. The molecule has 102 valence electrons. The van der Waals surface area contributed by atoms with Crippen LogP contribution in [0.2, 0.25) is 0 Å². The molecule has 0 aromatic rings. The fourth-order valence-electron chi connectivity index (χ4n) is 1.22. The predicted molar refractivity (Wildman–Crippen MR) is 62.6 cm³/mol. The van der Waals surface area contributed by atoms with Crippen molar-refractivity contribution in [3.63, 3.8) is 0 Å². The average molecular weight is 268 g/mol. The zero-order chi connectivity index (χ0) is 13.5. The number of hydrogen-bond donors (Lipinski definition) is 0. The lowest BCUT2D eigenvalue weighted by atomic mass is 10.7. The summed E-state index contributed by atoms with van der Waals surface area (Å²) in [6, 6.07) is 0. The summed E-state index contributed by atoms with van der Waals surface area (Å²) in [5, 5.41) is 0. The van der Waals surface area contributed by atoms with Crippen molar-refractivity contribution in [3.8, 4) is 0 Å². The Hall–Kier alpha value is -0.420. The molecule has 17 heavy (non-hydrogen) atoms. The van der Waals surface area contributed by atoms with Crippen molar-refractivity contribution < 1.29 is 27.9 Å². The summed E-state index contributed by atoms with van der Waals surface area (Å²) in [6.45, 7) is 8.32. The molecule has 2 unspecified atom stereocenters. The van der Waals surface area contributed by atoms with Gasteiger partial charge in [0.2, 0.25) is 6.29 Å². The van der Waals surface area contributed by atoms with Gasteiger partial charge < -0.3 is 18.5 Å². The summed E-state index contributed by atoms with van der Waals surface area (Å²) < 4.78 is 32.5. The van der Waals surface area contributed by atoms with E-state index in [1.807, 2.05) is 0 Å². The summed E-state index contributed by atoms with van der Waals surface area (Å²) >= 11 is 0. The lowest BCUT2D eigenvalue weighted by Gasteiger charge is -2.25. The van der Waals surface area contributed by atoms with E-state index in [4.69, 9.17) is 18.5 Å². The van der Waals surface area contributed by atoms with E-state index in [9.17, 15) is 9.36 Å². The van der Waals surface area contributed by atoms with Gasteiger partial charge in [0, 0.05) is 6.92 Å². The monoisotopic (exact) mass is 268 g/mol. The van der Waals surface area contributed by atoms with Crippen LogP contribution in [0.1, 0.15) is 34.6 Å². The summed E-state index contributed by atoms with van der Waals surface area (Å²) in [5.41, 5.74) is 0. The van der Waals surface area contributed by atoms with Gasteiger partial charge in [-0.2, -0.15) is 0 Å². The van der Waals surface area contributed by atoms with Crippen molar-refractivity contribution in [2.45, 2.75) is 46.8 Å². The molecule has 0 aromatic heterocycles. The van der Waals surface area contributed by atoms with Crippen LogP contribution in [0.15, 0.2) is 0 Å². The maximum atomic E-state index is 12.2. The molecule has 7 heteroatoms. The minimum atomic E-state index is -3.32. The molecule has 0 amide bonds. The number of carbonyl (C=O) groups is 1. The highest BCUT2D eigenvalue weighted by molar-refractivity contribution is 7.54. The summed E-state index contributed by atoms with van der Waals surface area (Å²) in [5.74, 6) is -1.26. The molecule has 0 saturated carbocycles. The van der Waals surface area contributed by atoms with Crippen molar-refractivity contribution in [1.29, 1.82) is 0 Å². The molecule has 0 saturated heterocycles. The van der Waals surface area contributed by atoms with Gasteiger partial charge in [-0.15, -0.1) is 0 Å². The number of ether oxygens (including phenoxy) is 2. The van der Waals surface area contributed by atoms with Crippen LogP contribution in [0, 0.1) is 0 Å². The second-order valence-corrected chi connectivity index (χ2v) is 5.61. The number of rotatable bonds is 8. The van der Waals surface area contributed by atoms with Gasteiger partial charge in [-0.3, -0.25) is 9.36 Å². The Morgan fingerprint density at radius 1 is 1.18 bits per heavy atom. The van der Waals surface area contributed by atoms with Gasteiger partial charge in [0.15, 0.2) is 5.85 Å². The zero-order valence-electron chi connectivity index (χ0n) is 11.0. The Kier molecular flexibility index (Phi) is 7.63. The molecule has 0 aromatic carbocycles. The Morgan fingerprint density at radius 3 is 2.00 bits per heavy atom. The van der Waals surface area contributed by atoms with Gasteiger partial charge in [0.25, 0.3) is 0 Å². The Labute approximate surface area is 102 Å². The third kappa shape index (κ3) is 6.17. The van der Waals surface area contributed by atoms with Crippen LogP contribution in [-0.4, -0.2) is 31.3 Å².